The lowest BCUT2D eigenvalue weighted by Gasteiger charge is -2.35. The van der Waals surface area contributed by atoms with Gasteiger partial charge in [0, 0.05) is 5.92 Å². The van der Waals surface area contributed by atoms with Crippen molar-refractivity contribution in [1.29, 1.82) is 0 Å². The Kier molecular flexibility index (Phi) is 5.68. The summed E-state index contributed by atoms with van der Waals surface area (Å²) in [6.07, 6.45) is 2.39. The zero-order valence-electron chi connectivity index (χ0n) is 12.3. The van der Waals surface area contributed by atoms with E-state index in [9.17, 15) is 5.11 Å². The van der Waals surface area contributed by atoms with Crippen LogP contribution in [0.2, 0.25) is 0 Å². The number of hydrogen-bond acceptors (Lipinski definition) is 4. The third-order valence-corrected chi connectivity index (χ3v) is 4.37. The highest BCUT2D eigenvalue weighted by molar-refractivity contribution is 5.37. The lowest BCUT2D eigenvalue weighted by molar-refractivity contribution is 0.120. The Morgan fingerprint density at radius 1 is 1.35 bits per heavy atom. The fourth-order valence-electron chi connectivity index (χ4n) is 2.91. The lowest BCUT2D eigenvalue weighted by Crippen LogP contribution is -2.39. The van der Waals surface area contributed by atoms with E-state index in [2.05, 4.69) is 11.8 Å². The Morgan fingerprint density at radius 3 is 2.65 bits per heavy atom. The fourth-order valence-corrected chi connectivity index (χ4v) is 2.91. The third kappa shape index (κ3) is 3.87. The topological polar surface area (TPSA) is 58.7 Å². The van der Waals surface area contributed by atoms with E-state index in [1.165, 1.54) is 12.8 Å². The minimum absolute atomic E-state index is 0.198. The number of piperidine rings is 1. The molecule has 2 rings (SSSR count). The second kappa shape index (κ2) is 7.50. The molecule has 0 spiro atoms. The van der Waals surface area contributed by atoms with Gasteiger partial charge in [-0.25, -0.2) is 0 Å². The van der Waals surface area contributed by atoms with Crippen LogP contribution in [0.3, 0.4) is 0 Å². The number of phenolic OH excluding ortho intramolecular Hbond substituents is 1. The molecule has 1 saturated heterocycles. The number of aromatic hydroxyl groups is 1. The molecule has 112 valence electrons. The number of nitrogens with zero attached hydrogens (tertiary/aromatic N) is 1. The molecular weight excluding hydrogens is 252 g/mol. The van der Waals surface area contributed by atoms with Crippen LogP contribution in [0.4, 0.5) is 0 Å². The van der Waals surface area contributed by atoms with Crippen LogP contribution in [0.5, 0.6) is 11.5 Å². The standard InChI is InChI=1S/C16H26N2O2/c1-2-18-9-7-13(8-10-18)14(11-17)12-20-16-6-4-3-5-15(16)19/h3-6,13-14,19H,2,7-12,17H2,1H3. The van der Waals surface area contributed by atoms with E-state index in [0.717, 1.165) is 19.6 Å². The van der Waals surface area contributed by atoms with Crippen molar-refractivity contribution in [2.45, 2.75) is 19.8 Å². The fraction of sp³-hybridized carbons (Fsp3) is 0.625. The number of para-hydroxylation sites is 2. The van der Waals surface area contributed by atoms with Gasteiger partial charge in [0.15, 0.2) is 11.5 Å². The molecule has 1 atom stereocenters. The van der Waals surface area contributed by atoms with Crippen molar-refractivity contribution in [3.63, 3.8) is 0 Å². The summed E-state index contributed by atoms with van der Waals surface area (Å²) in [5.74, 6) is 1.75. The molecule has 1 unspecified atom stereocenters. The van der Waals surface area contributed by atoms with Gasteiger partial charge in [-0.15, -0.1) is 0 Å². The van der Waals surface area contributed by atoms with E-state index in [0.29, 0.717) is 30.7 Å². The summed E-state index contributed by atoms with van der Waals surface area (Å²) in [5, 5.41) is 9.71. The lowest BCUT2D eigenvalue weighted by atomic mass is 9.84. The van der Waals surface area contributed by atoms with Gasteiger partial charge in [0.2, 0.25) is 0 Å². The van der Waals surface area contributed by atoms with E-state index in [4.69, 9.17) is 10.5 Å². The van der Waals surface area contributed by atoms with E-state index in [1.54, 1.807) is 18.2 Å². The number of ether oxygens (including phenoxy) is 1. The van der Waals surface area contributed by atoms with Crippen molar-refractivity contribution in [2.24, 2.45) is 17.6 Å². The highest BCUT2D eigenvalue weighted by atomic mass is 16.5. The molecule has 1 fully saturated rings. The Morgan fingerprint density at radius 2 is 2.05 bits per heavy atom. The summed E-state index contributed by atoms with van der Waals surface area (Å²) in [6.45, 7) is 6.90. The molecule has 0 aromatic heterocycles. The highest BCUT2D eigenvalue weighted by Crippen LogP contribution is 2.28. The summed E-state index contributed by atoms with van der Waals surface area (Å²) in [5.41, 5.74) is 5.92. The largest absolute Gasteiger partial charge is 0.504 e. The predicted molar refractivity (Wildman–Crippen MR) is 81.0 cm³/mol. The van der Waals surface area contributed by atoms with Gasteiger partial charge in [-0.05, 0) is 57.1 Å². The monoisotopic (exact) mass is 278 g/mol. The minimum Gasteiger partial charge on any atom is -0.504 e. The van der Waals surface area contributed by atoms with Crippen molar-refractivity contribution in [1.82, 2.24) is 4.90 Å². The molecule has 0 amide bonds. The Hall–Kier alpha value is -1.26. The molecule has 3 N–H and O–H groups in total. The molecule has 0 bridgehead atoms. The van der Waals surface area contributed by atoms with Gasteiger partial charge in [0.1, 0.15) is 0 Å². The van der Waals surface area contributed by atoms with Crippen molar-refractivity contribution in [3.8, 4) is 11.5 Å². The maximum atomic E-state index is 9.71. The smallest absolute Gasteiger partial charge is 0.160 e. The van der Waals surface area contributed by atoms with Crippen molar-refractivity contribution in [2.75, 3.05) is 32.8 Å². The Balaban J connectivity index is 1.85. The first-order valence-electron chi connectivity index (χ1n) is 7.57. The maximum Gasteiger partial charge on any atom is 0.160 e. The van der Waals surface area contributed by atoms with Crippen LogP contribution in [0.25, 0.3) is 0 Å². The second-order valence-corrected chi connectivity index (χ2v) is 5.55. The van der Waals surface area contributed by atoms with Gasteiger partial charge in [0.25, 0.3) is 0 Å². The van der Waals surface area contributed by atoms with Crippen LogP contribution in [0.1, 0.15) is 19.8 Å². The molecule has 0 saturated carbocycles. The van der Waals surface area contributed by atoms with Gasteiger partial charge in [-0.1, -0.05) is 19.1 Å². The molecule has 1 aliphatic heterocycles. The summed E-state index contributed by atoms with van der Waals surface area (Å²) < 4.78 is 5.75. The van der Waals surface area contributed by atoms with E-state index in [1.807, 2.05) is 6.07 Å². The van der Waals surface area contributed by atoms with Gasteiger partial charge in [-0.2, -0.15) is 0 Å². The van der Waals surface area contributed by atoms with Crippen LogP contribution in [-0.2, 0) is 0 Å². The van der Waals surface area contributed by atoms with Crippen LogP contribution >= 0.6 is 0 Å². The number of phenols is 1. The number of benzene rings is 1. The molecular formula is C16H26N2O2. The molecule has 1 aromatic rings. The van der Waals surface area contributed by atoms with Crippen LogP contribution in [0, 0.1) is 11.8 Å². The van der Waals surface area contributed by atoms with Crippen LogP contribution in [0.15, 0.2) is 24.3 Å². The average Bonchev–Trinajstić information content (AvgIpc) is 2.50. The van der Waals surface area contributed by atoms with Gasteiger partial charge in [-0.3, -0.25) is 0 Å². The van der Waals surface area contributed by atoms with E-state index >= 15 is 0 Å². The predicted octanol–water partition coefficient (Wildman–Crippen LogP) is 2.08. The average molecular weight is 278 g/mol. The first kappa shape index (κ1) is 15.1. The maximum absolute atomic E-state index is 9.71. The number of nitrogens with two attached hydrogens (primary N) is 1. The molecule has 4 heteroatoms. The van der Waals surface area contributed by atoms with Crippen molar-refractivity contribution < 1.29 is 9.84 Å². The molecule has 1 heterocycles. The summed E-state index contributed by atoms with van der Waals surface area (Å²) in [6, 6.07) is 7.10. The number of rotatable bonds is 6. The summed E-state index contributed by atoms with van der Waals surface area (Å²) in [7, 11) is 0. The first-order chi connectivity index (χ1) is 9.74. The van der Waals surface area contributed by atoms with Crippen molar-refractivity contribution in [3.05, 3.63) is 24.3 Å². The molecule has 20 heavy (non-hydrogen) atoms. The van der Waals surface area contributed by atoms with Crippen LogP contribution in [-0.4, -0.2) is 42.8 Å². The zero-order valence-corrected chi connectivity index (χ0v) is 12.3. The minimum atomic E-state index is 0.198. The Bertz CT molecular complexity index is 403. The number of hydrogen-bond donors (Lipinski definition) is 2. The molecule has 4 nitrogen and oxygen atoms in total. The molecule has 0 aliphatic carbocycles. The Labute approximate surface area is 121 Å². The van der Waals surface area contributed by atoms with E-state index < -0.39 is 0 Å². The number of likely N-dealkylation sites (tertiary alicyclic amines) is 1. The molecule has 1 aromatic carbocycles. The normalized spacial score (nSPS) is 18.9. The van der Waals surface area contributed by atoms with Gasteiger partial charge < -0.3 is 20.5 Å². The quantitative estimate of drug-likeness (QED) is 0.836. The van der Waals surface area contributed by atoms with E-state index in [-0.39, 0.29) is 5.75 Å². The summed E-state index contributed by atoms with van der Waals surface area (Å²) >= 11 is 0. The van der Waals surface area contributed by atoms with Crippen LogP contribution < -0.4 is 10.5 Å². The van der Waals surface area contributed by atoms with Gasteiger partial charge in [0.05, 0.1) is 6.61 Å². The molecule has 1 aliphatic rings. The van der Waals surface area contributed by atoms with Crippen molar-refractivity contribution >= 4 is 0 Å². The van der Waals surface area contributed by atoms with Gasteiger partial charge >= 0.3 is 0 Å². The zero-order chi connectivity index (χ0) is 14.4. The highest BCUT2D eigenvalue weighted by Gasteiger charge is 2.25. The molecule has 0 radical (unpaired) electrons. The first-order valence-corrected chi connectivity index (χ1v) is 7.57. The SMILES string of the molecule is CCN1CCC(C(CN)COc2ccccc2O)CC1. The second-order valence-electron chi connectivity index (χ2n) is 5.55. The summed E-state index contributed by atoms with van der Waals surface area (Å²) in [4.78, 5) is 2.48. The third-order valence-electron chi connectivity index (χ3n) is 4.37.